The molecule has 0 amide bonds. The molecule has 0 bridgehead atoms. The van der Waals surface area contributed by atoms with Crippen LogP contribution in [0.4, 0.5) is 34.1 Å². The van der Waals surface area contributed by atoms with Crippen molar-refractivity contribution in [2.24, 2.45) is 0 Å². The summed E-state index contributed by atoms with van der Waals surface area (Å²) < 4.78 is 169. The number of nitrogens with zero attached hydrogens (tertiary/aromatic N) is 2. The fourth-order valence-electron chi connectivity index (χ4n) is 0.320. The molecule has 0 saturated heterocycles. The fourth-order valence-corrected chi connectivity index (χ4v) is 2.88. The highest BCUT2D eigenvalue weighted by molar-refractivity contribution is 8.13. The van der Waals surface area contributed by atoms with Gasteiger partial charge in [-0.25, -0.2) is 33.7 Å². The SMILES string of the molecule is O=S(=O)(F)[N-]S(=O)(=O)F.O=S(=O)([N-]S(=O)(=O)C(F)(F)F)C(F)(F)F. The number of alkyl halides is 6. The zero-order valence-corrected chi connectivity index (χ0v) is 13.1. The minimum atomic E-state index is -6.72. The monoisotopic (exact) mass is 460 g/mol. The van der Waals surface area contributed by atoms with E-state index in [-0.39, 0.29) is 0 Å². The van der Waals surface area contributed by atoms with E-state index >= 15 is 0 Å². The maximum absolute atomic E-state index is 11.4. The molecule has 0 atom stereocenters. The summed E-state index contributed by atoms with van der Waals surface area (Å²) >= 11 is 0. The molecule has 0 aromatic rings. The van der Waals surface area contributed by atoms with Crippen molar-refractivity contribution < 1.29 is 67.8 Å². The van der Waals surface area contributed by atoms with Gasteiger partial charge in [-0.3, -0.25) is 0 Å². The van der Waals surface area contributed by atoms with Crippen molar-refractivity contribution in [2.45, 2.75) is 11.0 Å². The molecule has 0 aromatic heterocycles. The van der Waals surface area contributed by atoms with Gasteiger partial charge in [0.1, 0.15) is 0 Å². The maximum Gasteiger partial charge on any atom is 0.480 e. The lowest BCUT2D eigenvalue weighted by atomic mass is 11.6. The van der Waals surface area contributed by atoms with Gasteiger partial charge >= 0.3 is 11.0 Å². The van der Waals surface area contributed by atoms with E-state index in [0.29, 0.717) is 0 Å². The highest BCUT2D eigenvalue weighted by Crippen LogP contribution is 2.36. The number of sulfonamides is 2. The summed E-state index contributed by atoms with van der Waals surface area (Å²) in [5.41, 5.74) is -12.4. The van der Waals surface area contributed by atoms with E-state index in [1.54, 1.807) is 0 Å². The van der Waals surface area contributed by atoms with Crippen molar-refractivity contribution in [3.63, 3.8) is 0 Å². The van der Waals surface area contributed by atoms with Gasteiger partial charge in [-0.2, -0.15) is 26.3 Å². The van der Waals surface area contributed by atoms with E-state index in [2.05, 4.69) is 0 Å². The van der Waals surface area contributed by atoms with Crippen molar-refractivity contribution in [1.29, 1.82) is 0 Å². The van der Waals surface area contributed by atoms with Gasteiger partial charge in [-0.1, -0.05) is 0 Å². The lowest BCUT2D eigenvalue weighted by molar-refractivity contribution is -0.0444. The summed E-state index contributed by atoms with van der Waals surface area (Å²) in [6, 6.07) is 0. The van der Waals surface area contributed by atoms with Gasteiger partial charge in [-0.15, -0.1) is 7.77 Å². The molecule has 0 aliphatic heterocycles. The van der Waals surface area contributed by atoms with Gasteiger partial charge in [0.05, 0.1) is 0 Å². The number of halogens is 8. The summed E-state index contributed by atoms with van der Waals surface area (Å²) in [7, 11) is -24.7. The second-order valence-electron chi connectivity index (χ2n) is 2.81. The van der Waals surface area contributed by atoms with Crippen molar-refractivity contribution >= 4 is 40.9 Å². The Morgan fingerprint density at radius 2 is 0.708 bits per heavy atom. The first kappa shape index (κ1) is 25.4. The molecule has 0 aliphatic carbocycles. The number of hydrogen-bond acceptors (Lipinski definition) is 8. The molecule has 0 radical (unpaired) electrons. The quantitative estimate of drug-likeness (QED) is 0.440. The van der Waals surface area contributed by atoms with E-state index in [9.17, 15) is 67.8 Å². The van der Waals surface area contributed by atoms with Crippen molar-refractivity contribution in [1.82, 2.24) is 0 Å². The highest BCUT2D eigenvalue weighted by atomic mass is 32.3. The molecule has 10 nitrogen and oxygen atoms in total. The highest BCUT2D eigenvalue weighted by Gasteiger charge is 2.46. The van der Waals surface area contributed by atoms with Gasteiger partial charge in [0.25, 0.3) is 0 Å². The summed E-state index contributed by atoms with van der Waals surface area (Å²) in [6.07, 6.45) is 0. The lowest BCUT2D eigenvalue weighted by Gasteiger charge is -2.22. The van der Waals surface area contributed by atoms with Crippen molar-refractivity contribution in [3.05, 3.63) is 8.25 Å². The van der Waals surface area contributed by atoms with Crippen LogP contribution in [-0.4, -0.2) is 44.7 Å². The standard InChI is InChI=1S/C2F6NO4S2.F2NO4S2/c3-1(4,5)14(10,11)9-15(12,13)2(6,7)8;1-8(4,5)3-9(2,6)7/q2*-1. The minimum absolute atomic E-state index is 0.778. The van der Waals surface area contributed by atoms with Gasteiger partial charge in [0, 0.05) is 0 Å². The molecule has 0 saturated carbocycles. The van der Waals surface area contributed by atoms with Crippen molar-refractivity contribution in [2.75, 3.05) is 0 Å². The lowest BCUT2D eigenvalue weighted by Crippen LogP contribution is -2.30. The Bertz CT molecular complexity index is 774. The first-order valence-electron chi connectivity index (χ1n) is 3.91. The topological polar surface area (TPSA) is 165 Å². The zero-order chi connectivity index (χ0) is 20.4. The third-order valence-corrected chi connectivity index (χ3v) is 5.12. The van der Waals surface area contributed by atoms with Crippen LogP contribution < -0.4 is 0 Å². The van der Waals surface area contributed by atoms with Crippen LogP contribution in [0, 0.1) is 0 Å². The smallest absolute Gasteiger partial charge is 0.421 e. The third kappa shape index (κ3) is 10.1. The van der Waals surface area contributed by atoms with E-state index in [4.69, 9.17) is 0 Å². The molecule has 0 fully saturated rings. The Kier molecular flexibility index (Phi) is 7.60. The zero-order valence-electron chi connectivity index (χ0n) is 9.82. The molecular weight excluding hydrogens is 460 g/mol. The number of hydrogen-bond donors (Lipinski definition) is 0. The van der Waals surface area contributed by atoms with Gasteiger partial charge in [0.15, 0.2) is 20.0 Å². The Morgan fingerprint density at radius 3 is 0.792 bits per heavy atom. The van der Waals surface area contributed by atoms with Gasteiger partial charge in [-0.05, 0) is 0 Å². The average Bonchev–Trinajstić information content (AvgIpc) is 2.05. The average molecular weight is 460 g/mol. The molecule has 0 unspecified atom stereocenters. The molecule has 22 heteroatoms. The Hall–Kier alpha value is -0.840. The molecule has 0 spiro atoms. The molecule has 24 heavy (non-hydrogen) atoms. The predicted molar refractivity (Wildman–Crippen MR) is 56.7 cm³/mol. The predicted octanol–water partition coefficient (Wildman–Crippen LogP) is 0.848. The first-order chi connectivity index (χ1) is 9.91. The Morgan fingerprint density at radius 1 is 0.500 bits per heavy atom. The van der Waals surface area contributed by atoms with E-state index < -0.39 is 51.9 Å². The van der Waals surface area contributed by atoms with Crippen LogP contribution in [0.2, 0.25) is 0 Å². The van der Waals surface area contributed by atoms with Crippen LogP contribution in [0.1, 0.15) is 0 Å². The van der Waals surface area contributed by atoms with E-state index in [1.807, 2.05) is 0 Å². The van der Waals surface area contributed by atoms with Crippen LogP contribution in [0.5, 0.6) is 0 Å². The molecule has 0 heterocycles. The summed E-state index contributed by atoms with van der Waals surface area (Å²) in [6.45, 7) is 0. The second-order valence-corrected chi connectivity index (χ2v) is 8.48. The Balaban J connectivity index is 0. The van der Waals surface area contributed by atoms with Crippen LogP contribution in [0.3, 0.4) is 0 Å². The van der Waals surface area contributed by atoms with E-state index in [1.165, 1.54) is 0 Å². The van der Waals surface area contributed by atoms with E-state index in [0.717, 1.165) is 8.25 Å². The minimum Gasteiger partial charge on any atom is -0.421 e. The molecular formula is C2F8N2O8S4-2. The maximum atomic E-state index is 11.4. The summed E-state index contributed by atoms with van der Waals surface area (Å²) in [5, 5.41) is 0. The largest absolute Gasteiger partial charge is 0.480 e. The van der Waals surface area contributed by atoms with Gasteiger partial charge < -0.3 is 8.25 Å². The molecule has 0 aromatic carbocycles. The third-order valence-electron chi connectivity index (χ3n) is 0.959. The summed E-state index contributed by atoms with van der Waals surface area (Å²) in [5.74, 6) is 0. The molecule has 0 rings (SSSR count). The van der Waals surface area contributed by atoms with Crippen LogP contribution >= 0.6 is 0 Å². The Labute approximate surface area is 128 Å². The van der Waals surface area contributed by atoms with Crippen LogP contribution in [0.15, 0.2) is 0 Å². The number of rotatable bonds is 4. The first-order valence-corrected chi connectivity index (χ1v) is 9.48. The second kappa shape index (κ2) is 7.19. The van der Waals surface area contributed by atoms with Crippen molar-refractivity contribution in [3.8, 4) is 0 Å². The summed E-state index contributed by atoms with van der Waals surface area (Å²) in [4.78, 5) is 0. The normalized spacial score (nSPS) is 14.7. The van der Waals surface area contributed by atoms with Crippen LogP contribution in [0.25, 0.3) is 8.25 Å². The molecule has 0 aliphatic rings. The molecule has 148 valence electrons. The molecule has 0 N–H and O–H groups in total. The fraction of sp³-hybridized carbons (Fsp3) is 1.00. The van der Waals surface area contributed by atoms with Gasteiger partial charge in [0.2, 0.25) is 20.8 Å². The van der Waals surface area contributed by atoms with Crippen LogP contribution in [-0.2, 0) is 40.9 Å².